The second kappa shape index (κ2) is 4.57. The highest BCUT2D eigenvalue weighted by Gasteiger charge is 2.26. The van der Waals surface area contributed by atoms with Gasteiger partial charge in [0, 0.05) is 11.6 Å². The molecule has 0 saturated carbocycles. The van der Waals surface area contributed by atoms with Crippen LogP contribution in [0, 0.1) is 27.4 Å². The van der Waals surface area contributed by atoms with Crippen LogP contribution in [0.4, 0.5) is 19.0 Å². The molecule has 8 heteroatoms. The number of nitrogens with zero attached hydrogens (tertiary/aromatic N) is 3. The van der Waals surface area contributed by atoms with Gasteiger partial charge in [0.25, 0.3) is 6.43 Å². The van der Waals surface area contributed by atoms with Crippen molar-refractivity contribution in [2.75, 3.05) is 0 Å². The Morgan fingerprint density at radius 3 is 2.69 bits per heavy atom. The molecule has 1 heterocycles. The summed E-state index contributed by atoms with van der Waals surface area (Å²) in [5.41, 5.74) is -1.43. The van der Waals surface area contributed by atoms with Gasteiger partial charge in [-0.1, -0.05) is 0 Å². The van der Waals surface area contributed by atoms with Gasteiger partial charge >= 0.3 is 11.8 Å². The van der Waals surface area contributed by atoms with Crippen LogP contribution in [0.1, 0.15) is 17.6 Å². The quantitative estimate of drug-likeness (QED) is 0.453. The standard InChI is InChI=1S/C8H4F3N3O2/c9-6-3-5(7(10)11)4(1-2-12)8(13-6)14(15)16/h3,7H,1H2. The average molecular weight is 231 g/mol. The zero-order valence-electron chi connectivity index (χ0n) is 7.65. The first-order chi connectivity index (χ1) is 7.47. The molecule has 0 N–H and O–H groups in total. The number of aromatic nitrogens is 1. The van der Waals surface area contributed by atoms with Crippen molar-refractivity contribution < 1.29 is 18.1 Å². The van der Waals surface area contributed by atoms with E-state index < -0.39 is 40.7 Å². The molecule has 84 valence electrons. The smallest absolute Gasteiger partial charge is 0.358 e. The maximum absolute atomic E-state index is 12.7. The Bertz CT molecular complexity index is 470. The Morgan fingerprint density at radius 1 is 1.62 bits per heavy atom. The van der Waals surface area contributed by atoms with E-state index >= 15 is 0 Å². The van der Waals surface area contributed by atoms with Gasteiger partial charge in [-0.25, -0.2) is 8.78 Å². The molecule has 0 fully saturated rings. The summed E-state index contributed by atoms with van der Waals surface area (Å²) in [5, 5.41) is 18.8. The molecule has 0 atom stereocenters. The number of nitriles is 1. The van der Waals surface area contributed by atoms with Crippen LogP contribution in [0.3, 0.4) is 0 Å². The van der Waals surface area contributed by atoms with Crippen LogP contribution in [0.15, 0.2) is 6.07 Å². The minimum absolute atomic E-state index is 0.393. The molecule has 0 unspecified atom stereocenters. The van der Waals surface area contributed by atoms with Crippen molar-refractivity contribution in [1.82, 2.24) is 4.98 Å². The Morgan fingerprint density at radius 2 is 2.25 bits per heavy atom. The fourth-order valence-electron chi connectivity index (χ4n) is 1.15. The molecule has 1 aromatic heterocycles. The van der Waals surface area contributed by atoms with E-state index in [1.54, 1.807) is 0 Å². The Balaban J connectivity index is 3.48. The molecule has 0 amide bonds. The molecule has 0 saturated heterocycles. The maximum atomic E-state index is 12.7. The van der Waals surface area contributed by atoms with Gasteiger partial charge in [0.2, 0.25) is 0 Å². The summed E-state index contributed by atoms with van der Waals surface area (Å²) < 4.78 is 37.6. The number of halogens is 3. The Hall–Kier alpha value is -2.17. The van der Waals surface area contributed by atoms with Crippen LogP contribution in [0.5, 0.6) is 0 Å². The first-order valence-electron chi connectivity index (χ1n) is 3.96. The van der Waals surface area contributed by atoms with Crippen molar-refractivity contribution in [3.63, 3.8) is 0 Å². The van der Waals surface area contributed by atoms with Crippen LogP contribution in [-0.4, -0.2) is 9.91 Å². The lowest BCUT2D eigenvalue weighted by Crippen LogP contribution is -2.05. The van der Waals surface area contributed by atoms with Crippen LogP contribution in [0.25, 0.3) is 0 Å². The molecule has 1 rings (SSSR count). The van der Waals surface area contributed by atoms with E-state index in [0.29, 0.717) is 6.07 Å². The van der Waals surface area contributed by atoms with Crippen molar-refractivity contribution in [2.24, 2.45) is 0 Å². The van der Waals surface area contributed by atoms with Gasteiger partial charge in [0.05, 0.1) is 18.1 Å². The summed E-state index contributed by atoms with van der Waals surface area (Å²) in [4.78, 5) is 12.2. The number of hydrogen-bond donors (Lipinski definition) is 0. The predicted octanol–water partition coefficient (Wildman–Crippen LogP) is 2.13. The normalized spacial score (nSPS) is 10.2. The number of rotatable bonds is 3. The van der Waals surface area contributed by atoms with Crippen molar-refractivity contribution in [3.05, 3.63) is 33.3 Å². The lowest BCUT2D eigenvalue weighted by molar-refractivity contribution is -0.390. The van der Waals surface area contributed by atoms with Gasteiger partial charge in [0.1, 0.15) is 0 Å². The summed E-state index contributed by atoms with van der Waals surface area (Å²) in [6, 6.07) is 1.89. The highest BCUT2D eigenvalue weighted by molar-refractivity contribution is 5.42. The molecule has 0 spiro atoms. The van der Waals surface area contributed by atoms with Gasteiger partial charge in [-0.3, -0.25) is 0 Å². The van der Waals surface area contributed by atoms with Gasteiger partial charge in [-0.05, 0) is 9.91 Å². The molecular formula is C8H4F3N3O2. The molecule has 16 heavy (non-hydrogen) atoms. The van der Waals surface area contributed by atoms with E-state index in [-0.39, 0.29) is 0 Å². The predicted molar refractivity (Wildman–Crippen MR) is 45.1 cm³/mol. The van der Waals surface area contributed by atoms with E-state index in [0.717, 1.165) is 0 Å². The van der Waals surface area contributed by atoms with Crippen molar-refractivity contribution in [3.8, 4) is 6.07 Å². The fourth-order valence-corrected chi connectivity index (χ4v) is 1.15. The third-order valence-electron chi connectivity index (χ3n) is 1.77. The van der Waals surface area contributed by atoms with E-state index in [4.69, 9.17) is 5.26 Å². The molecular weight excluding hydrogens is 227 g/mol. The second-order valence-corrected chi connectivity index (χ2v) is 2.73. The number of alkyl halides is 2. The van der Waals surface area contributed by atoms with Crippen LogP contribution < -0.4 is 0 Å². The van der Waals surface area contributed by atoms with Gasteiger partial charge < -0.3 is 10.1 Å². The summed E-state index contributed by atoms with van der Waals surface area (Å²) in [6.07, 6.45) is -3.72. The summed E-state index contributed by atoms with van der Waals surface area (Å²) >= 11 is 0. The minimum Gasteiger partial charge on any atom is -0.358 e. The SMILES string of the molecule is N#CCc1c(C(F)F)cc(F)nc1[N+](=O)[O-]. The van der Waals surface area contributed by atoms with Crippen molar-refractivity contribution >= 4 is 5.82 Å². The molecule has 0 aliphatic heterocycles. The van der Waals surface area contributed by atoms with Crippen LogP contribution in [-0.2, 0) is 6.42 Å². The number of nitro groups is 1. The minimum atomic E-state index is -3.10. The number of hydrogen-bond acceptors (Lipinski definition) is 4. The van der Waals surface area contributed by atoms with Crippen molar-refractivity contribution in [2.45, 2.75) is 12.8 Å². The third-order valence-corrected chi connectivity index (χ3v) is 1.77. The molecule has 1 aromatic rings. The monoisotopic (exact) mass is 231 g/mol. The van der Waals surface area contributed by atoms with Gasteiger partial charge in [-0.2, -0.15) is 9.65 Å². The van der Waals surface area contributed by atoms with E-state index in [1.165, 1.54) is 6.07 Å². The van der Waals surface area contributed by atoms with E-state index in [2.05, 4.69) is 4.98 Å². The highest BCUT2D eigenvalue weighted by Crippen LogP contribution is 2.29. The van der Waals surface area contributed by atoms with Gasteiger partial charge in [-0.15, -0.1) is 0 Å². The first kappa shape index (κ1) is 11.9. The summed E-state index contributed by atoms with van der Waals surface area (Å²) in [7, 11) is 0. The van der Waals surface area contributed by atoms with E-state index in [1.807, 2.05) is 0 Å². The third kappa shape index (κ3) is 2.25. The van der Waals surface area contributed by atoms with Crippen molar-refractivity contribution in [1.29, 1.82) is 5.26 Å². The van der Waals surface area contributed by atoms with Crippen LogP contribution in [0.2, 0.25) is 0 Å². The zero-order valence-corrected chi connectivity index (χ0v) is 7.65. The molecule has 0 aliphatic carbocycles. The first-order valence-corrected chi connectivity index (χ1v) is 3.96. The number of pyridine rings is 1. The van der Waals surface area contributed by atoms with E-state index in [9.17, 15) is 23.3 Å². The molecule has 0 aromatic carbocycles. The molecule has 0 radical (unpaired) electrons. The molecule has 5 nitrogen and oxygen atoms in total. The largest absolute Gasteiger partial charge is 0.371 e. The second-order valence-electron chi connectivity index (χ2n) is 2.73. The average Bonchev–Trinajstić information content (AvgIpc) is 2.19. The summed E-state index contributed by atoms with van der Waals surface area (Å²) in [5.74, 6) is -2.42. The zero-order chi connectivity index (χ0) is 12.3. The molecule has 0 bridgehead atoms. The topological polar surface area (TPSA) is 79.8 Å². The van der Waals surface area contributed by atoms with Crippen LogP contribution >= 0.6 is 0 Å². The fraction of sp³-hybridized carbons (Fsp3) is 0.250. The Kier molecular flexibility index (Phi) is 3.40. The highest BCUT2D eigenvalue weighted by atomic mass is 19.3. The lowest BCUT2D eigenvalue weighted by atomic mass is 10.1. The molecule has 0 aliphatic rings. The maximum Gasteiger partial charge on any atom is 0.371 e. The lowest BCUT2D eigenvalue weighted by Gasteiger charge is -2.05. The van der Waals surface area contributed by atoms with Gasteiger partial charge in [0.15, 0.2) is 0 Å². The summed E-state index contributed by atoms with van der Waals surface area (Å²) in [6.45, 7) is 0. The Labute approximate surface area is 87.3 Å².